The Morgan fingerprint density at radius 3 is 2.64 bits per heavy atom. The van der Waals surface area contributed by atoms with Gasteiger partial charge < -0.3 is 5.32 Å². The van der Waals surface area contributed by atoms with Crippen LogP contribution in [-0.2, 0) is 4.79 Å². The highest BCUT2D eigenvalue weighted by Gasteiger charge is 2.25. The van der Waals surface area contributed by atoms with Crippen molar-refractivity contribution < 1.29 is 9.59 Å². The third-order valence-corrected chi connectivity index (χ3v) is 4.16. The number of carbonyl (C=O) groups excluding carboxylic acids is 2. The van der Waals surface area contributed by atoms with Crippen molar-refractivity contribution in [2.75, 3.05) is 25.0 Å². The van der Waals surface area contributed by atoms with Crippen LogP contribution in [0.4, 0.5) is 5.69 Å². The lowest BCUT2D eigenvalue weighted by atomic mass is 9.95. The zero-order valence-electron chi connectivity index (χ0n) is 13.2. The van der Waals surface area contributed by atoms with Crippen molar-refractivity contribution in [2.24, 2.45) is 5.92 Å². The molecular weight excluding hydrogens is 276 g/mol. The number of benzene rings is 1. The second-order valence-corrected chi connectivity index (χ2v) is 5.80. The van der Waals surface area contributed by atoms with Crippen LogP contribution in [0.25, 0.3) is 0 Å². The number of hydrogen-bond acceptors (Lipinski definition) is 3. The minimum absolute atomic E-state index is 0.00606. The molecule has 4 nitrogen and oxygen atoms in total. The van der Waals surface area contributed by atoms with E-state index in [1.165, 1.54) is 6.92 Å². The van der Waals surface area contributed by atoms with Crippen LogP contribution < -0.4 is 5.32 Å². The van der Waals surface area contributed by atoms with Crippen molar-refractivity contribution in [1.29, 1.82) is 0 Å². The fourth-order valence-corrected chi connectivity index (χ4v) is 2.96. The fourth-order valence-electron chi connectivity index (χ4n) is 2.96. The highest BCUT2D eigenvalue weighted by molar-refractivity contribution is 6.05. The number of nitrogens with one attached hydrogen (secondary N) is 1. The Hall–Kier alpha value is -2.12. The molecule has 22 heavy (non-hydrogen) atoms. The van der Waals surface area contributed by atoms with Gasteiger partial charge in [-0.1, -0.05) is 18.1 Å². The Morgan fingerprint density at radius 1 is 1.36 bits per heavy atom. The lowest BCUT2D eigenvalue weighted by molar-refractivity contribution is -0.121. The average Bonchev–Trinajstić information content (AvgIpc) is 2.48. The van der Waals surface area contributed by atoms with Crippen molar-refractivity contribution in [3.63, 3.8) is 0 Å². The molecule has 1 N–H and O–H groups in total. The van der Waals surface area contributed by atoms with Crippen molar-refractivity contribution >= 4 is 17.4 Å². The molecule has 116 valence electrons. The van der Waals surface area contributed by atoms with E-state index in [-0.39, 0.29) is 17.6 Å². The Labute approximate surface area is 131 Å². The van der Waals surface area contributed by atoms with Gasteiger partial charge in [-0.05, 0) is 51.4 Å². The van der Waals surface area contributed by atoms with Crippen LogP contribution in [0, 0.1) is 25.2 Å². The first kappa shape index (κ1) is 16.3. The first-order valence-electron chi connectivity index (χ1n) is 7.60. The number of rotatable bonds is 4. The number of aryl methyl sites for hydroxylation is 1. The van der Waals surface area contributed by atoms with Crippen LogP contribution in [0.3, 0.4) is 0 Å². The molecule has 0 radical (unpaired) electrons. The van der Waals surface area contributed by atoms with E-state index in [1.807, 2.05) is 19.1 Å². The number of carbonyl (C=O) groups is 2. The summed E-state index contributed by atoms with van der Waals surface area (Å²) in [7, 11) is 0. The van der Waals surface area contributed by atoms with Crippen molar-refractivity contribution in [2.45, 2.75) is 26.7 Å². The first-order valence-corrected chi connectivity index (χ1v) is 7.60. The van der Waals surface area contributed by atoms with Crippen molar-refractivity contribution in [3.05, 3.63) is 29.3 Å². The summed E-state index contributed by atoms with van der Waals surface area (Å²) in [6, 6.07) is 5.52. The molecule has 4 heteroatoms. The predicted octanol–water partition coefficient (Wildman–Crippen LogP) is 2.48. The maximum absolute atomic E-state index is 12.4. The topological polar surface area (TPSA) is 49.4 Å². The van der Waals surface area contributed by atoms with E-state index in [2.05, 4.69) is 16.1 Å². The van der Waals surface area contributed by atoms with E-state index in [0.717, 1.165) is 31.5 Å². The number of terminal acetylenes is 1. The maximum Gasteiger partial charge on any atom is 0.227 e. The zero-order valence-corrected chi connectivity index (χ0v) is 13.2. The number of ketones is 1. The van der Waals surface area contributed by atoms with Gasteiger partial charge in [0, 0.05) is 11.5 Å². The number of likely N-dealkylation sites (tertiary alicyclic amines) is 1. The van der Waals surface area contributed by atoms with Gasteiger partial charge in [0.15, 0.2) is 5.78 Å². The number of hydrogen-bond donors (Lipinski definition) is 1. The minimum atomic E-state index is -0.0303. The Kier molecular flexibility index (Phi) is 5.35. The smallest absolute Gasteiger partial charge is 0.227 e. The van der Waals surface area contributed by atoms with E-state index in [0.29, 0.717) is 17.8 Å². The molecule has 0 unspecified atom stereocenters. The normalized spacial score (nSPS) is 16.0. The number of anilines is 1. The number of piperidine rings is 1. The Balaban J connectivity index is 2.03. The summed E-state index contributed by atoms with van der Waals surface area (Å²) in [5, 5.41) is 2.93. The Bertz CT molecular complexity index is 608. The standard InChI is InChI=1S/C18H22N2O2/c1-4-10-20-11-8-15(9-12-20)18(22)19-16-7-5-6-13(2)17(16)14(3)21/h1,5-7,15H,8-12H2,2-3H3,(H,19,22). The SMILES string of the molecule is C#CCN1CCC(C(=O)Nc2cccc(C)c2C(C)=O)CC1. The quantitative estimate of drug-likeness (QED) is 0.686. The molecule has 1 aliphatic rings. The molecule has 1 aromatic carbocycles. The average molecular weight is 298 g/mol. The molecule has 0 atom stereocenters. The Morgan fingerprint density at radius 2 is 2.05 bits per heavy atom. The van der Waals surface area contributed by atoms with Crippen LogP contribution in [0.1, 0.15) is 35.7 Å². The molecule has 1 aliphatic heterocycles. The number of nitrogens with zero attached hydrogens (tertiary/aromatic N) is 1. The van der Waals surface area contributed by atoms with E-state index < -0.39 is 0 Å². The molecule has 0 bridgehead atoms. The van der Waals surface area contributed by atoms with Gasteiger partial charge in [0.25, 0.3) is 0 Å². The van der Waals surface area contributed by atoms with Crippen LogP contribution in [0.15, 0.2) is 18.2 Å². The predicted molar refractivity (Wildman–Crippen MR) is 87.8 cm³/mol. The van der Waals surface area contributed by atoms with Gasteiger partial charge in [-0.15, -0.1) is 6.42 Å². The molecule has 0 aliphatic carbocycles. The van der Waals surface area contributed by atoms with Crippen LogP contribution in [0.2, 0.25) is 0 Å². The highest BCUT2D eigenvalue weighted by Crippen LogP contribution is 2.23. The third kappa shape index (κ3) is 3.75. The maximum atomic E-state index is 12.4. The summed E-state index contributed by atoms with van der Waals surface area (Å²) in [6.45, 7) is 5.73. The van der Waals surface area contributed by atoms with E-state index in [4.69, 9.17) is 6.42 Å². The van der Waals surface area contributed by atoms with E-state index >= 15 is 0 Å². The van der Waals surface area contributed by atoms with Gasteiger partial charge in [0.2, 0.25) is 5.91 Å². The molecule has 0 saturated carbocycles. The molecule has 1 saturated heterocycles. The summed E-state index contributed by atoms with van der Waals surface area (Å²) in [4.78, 5) is 26.4. The molecule has 1 fully saturated rings. The zero-order chi connectivity index (χ0) is 16.1. The van der Waals surface area contributed by atoms with Crippen molar-refractivity contribution in [1.82, 2.24) is 4.90 Å². The summed E-state index contributed by atoms with van der Waals surface area (Å²) in [5.74, 6) is 2.58. The van der Waals surface area contributed by atoms with Gasteiger partial charge >= 0.3 is 0 Å². The van der Waals surface area contributed by atoms with Gasteiger partial charge in [0.05, 0.1) is 12.2 Å². The highest BCUT2D eigenvalue weighted by atomic mass is 16.2. The summed E-state index contributed by atoms with van der Waals surface area (Å²) in [6.07, 6.45) is 6.91. The van der Waals surface area contributed by atoms with Crippen LogP contribution in [0.5, 0.6) is 0 Å². The van der Waals surface area contributed by atoms with E-state index in [1.54, 1.807) is 6.07 Å². The molecule has 0 aromatic heterocycles. The van der Waals surface area contributed by atoms with Gasteiger partial charge in [0.1, 0.15) is 0 Å². The van der Waals surface area contributed by atoms with Gasteiger partial charge in [-0.3, -0.25) is 14.5 Å². The van der Waals surface area contributed by atoms with Gasteiger partial charge in [-0.2, -0.15) is 0 Å². The molecule has 2 rings (SSSR count). The third-order valence-electron chi connectivity index (χ3n) is 4.16. The molecule has 1 aromatic rings. The van der Waals surface area contributed by atoms with Crippen molar-refractivity contribution in [3.8, 4) is 12.3 Å². The lowest BCUT2D eigenvalue weighted by Crippen LogP contribution is -2.38. The number of Topliss-reactive ketones (excluding diaryl/α,β-unsaturated/α-hetero) is 1. The van der Waals surface area contributed by atoms with E-state index in [9.17, 15) is 9.59 Å². The largest absolute Gasteiger partial charge is 0.325 e. The number of amides is 1. The summed E-state index contributed by atoms with van der Waals surface area (Å²) >= 11 is 0. The summed E-state index contributed by atoms with van der Waals surface area (Å²) < 4.78 is 0. The second-order valence-electron chi connectivity index (χ2n) is 5.80. The molecule has 1 amide bonds. The monoisotopic (exact) mass is 298 g/mol. The fraction of sp³-hybridized carbons (Fsp3) is 0.444. The first-order chi connectivity index (χ1) is 10.5. The minimum Gasteiger partial charge on any atom is -0.325 e. The van der Waals surface area contributed by atoms with Gasteiger partial charge in [-0.25, -0.2) is 0 Å². The second kappa shape index (κ2) is 7.24. The lowest BCUT2D eigenvalue weighted by Gasteiger charge is -2.30. The molecule has 1 heterocycles. The molecule has 0 spiro atoms. The van der Waals surface area contributed by atoms with Crippen LogP contribution >= 0.6 is 0 Å². The summed E-state index contributed by atoms with van der Waals surface area (Å²) in [5.41, 5.74) is 2.10. The van der Waals surface area contributed by atoms with Crippen LogP contribution in [-0.4, -0.2) is 36.2 Å². The molecular formula is C18H22N2O2.